The third-order valence-corrected chi connectivity index (χ3v) is 3.78. The minimum Gasteiger partial charge on any atom is -0.283 e. The quantitative estimate of drug-likeness (QED) is 0.920. The highest BCUT2D eigenvalue weighted by molar-refractivity contribution is 7.92. The molecule has 0 spiro atoms. The summed E-state index contributed by atoms with van der Waals surface area (Å²) < 4.78 is 25.7. The molecule has 0 radical (unpaired) electrons. The Bertz CT molecular complexity index is 451. The van der Waals surface area contributed by atoms with Gasteiger partial charge in [0.2, 0.25) is 10.0 Å². The minimum absolute atomic E-state index is 0.0622. The van der Waals surface area contributed by atoms with Gasteiger partial charge in [-0.25, -0.2) is 8.42 Å². The Hall–Kier alpha value is -0.450. The van der Waals surface area contributed by atoms with Gasteiger partial charge in [0.1, 0.15) is 0 Å². The molecule has 90 valence electrons. The van der Waals surface area contributed by atoms with Crippen molar-refractivity contribution < 1.29 is 8.42 Å². The summed E-state index contributed by atoms with van der Waals surface area (Å²) in [5, 5.41) is 0.796. The Balaban J connectivity index is 2.88. The highest BCUT2D eigenvalue weighted by Crippen LogP contribution is 2.23. The summed E-state index contributed by atoms with van der Waals surface area (Å²) in [7, 11) is -3.33. The summed E-state index contributed by atoms with van der Waals surface area (Å²) in [5.74, 6) is 0.129. The Labute approximate surface area is 106 Å². The molecule has 0 aromatic heterocycles. The molecular formula is C10H13Cl2NO2S. The third-order valence-electron chi connectivity index (χ3n) is 1.69. The maximum atomic E-state index is 11.6. The minimum atomic E-state index is -3.33. The molecule has 1 rings (SSSR count). The van der Waals surface area contributed by atoms with Crippen LogP contribution in [0.3, 0.4) is 0 Å². The summed E-state index contributed by atoms with van der Waals surface area (Å²) in [6.07, 6.45) is 0. The van der Waals surface area contributed by atoms with Crippen LogP contribution in [0.1, 0.15) is 13.8 Å². The number of hydrogen-bond acceptors (Lipinski definition) is 2. The van der Waals surface area contributed by atoms with Crippen LogP contribution in [0.15, 0.2) is 18.2 Å². The van der Waals surface area contributed by atoms with Crippen LogP contribution in [0.2, 0.25) is 10.0 Å². The van der Waals surface area contributed by atoms with Crippen LogP contribution < -0.4 is 4.72 Å². The molecule has 0 atom stereocenters. The maximum Gasteiger partial charge on any atom is 0.232 e. The molecule has 0 aliphatic heterocycles. The van der Waals surface area contributed by atoms with Crippen molar-refractivity contribution >= 4 is 38.9 Å². The van der Waals surface area contributed by atoms with Crippen molar-refractivity contribution in [1.29, 1.82) is 0 Å². The standard InChI is InChI=1S/C10H13Cl2NO2S/c1-7(2)6-16(14,15)13-10-4-8(11)3-9(12)5-10/h3-5,7,13H,6H2,1-2H3. The van der Waals surface area contributed by atoms with Crippen molar-refractivity contribution in [3.05, 3.63) is 28.2 Å². The monoisotopic (exact) mass is 281 g/mol. The van der Waals surface area contributed by atoms with Crippen molar-refractivity contribution in [2.24, 2.45) is 5.92 Å². The van der Waals surface area contributed by atoms with Gasteiger partial charge in [-0.05, 0) is 24.1 Å². The van der Waals surface area contributed by atoms with Crippen LogP contribution in [0.25, 0.3) is 0 Å². The van der Waals surface area contributed by atoms with Gasteiger partial charge < -0.3 is 0 Å². The highest BCUT2D eigenvalue weighted by Gasteiger charge is 2.13. The molecule has 0 aliphatic rings. The van der Waals surface area contributed by atoms with Gasteiger partial charge >= 0.3 is 0 Å². The van der Waals surface area contributed by atoms with Gasteiger partial charge in [0.05, 0.1) is 11.4 Å². The van der Waals surface area contributed by atoms with Crippen LogP contribution in [0.5, 0.6) is 0 Å². The van der Waals surface area contributed by atoms with Gasteiger partial charge in [0, 0.05) is 10.0 Å². The Morgan fingerprint density at radius 2 is 1.69 bits per heavy atom. The lowest BCUT2D eigenvalue weighted by molar-refractivity contribution is 0.587. The van der Waals surface area contributed by atoms with Crippen LogP contribution >= 0.6 is 23.2 Å². The molecule has 6 heteroatoms. The molecule has 1 aromatic carbocycles. The number of anilines is 1. The maximum absolute atomic E-state index is 11.6. The summed E-state index contributed by atoms with van der Waals surface area (Å²) in [6.45, 7) is 3.67. The predicted molar refractivity (Wildman–Crippen MR) is 68.7 cm³/mol. The van der Waals surface area contributed by atoms with Crippen molar-refractivity contribution in [2.75, 3.05) is 10.5 Å². The Morgan fingerprint density at radius 3 is 2.12 bits per heavy atom. The number of halogens is 2. The fraction of sp³-hybridized carbons (Fsp3) is 0.400. The normalized spacial score (nSPS) is 11.8. The summed E-state index contributed by atoms with van der Waals surface area (Å²) in [4.78, 5) is 0. The van der Waals surface area contributed by atoms with Crippen molar-refractivity contribution in [1.82, 2.24) is 0 Å². The zero-order valence-electron chi connectivity index (χ0n) is 9.00. The molecule has 16 heavy (non-hydrogen) atoms. The van der Waals surface area contributed by atoms with Crippen molar-refractivity contribution in [3.8, 4) is 0 Å². The van der Waals surface area contributed by atoms with Gasteiger partial charge in [0.25, 0.3) is 0 Å². The van der Waals surface area contributed by atoms with Gasteiger partial charge in [-0.1, -0.05) is 37.0 Å². The molecule has 1 aromatic rings. The van der Waals surface area contributed by atoms with E-state index in [1.807, 2.05) is 13.8 Å². The number of benzene rings is 1. The zero-order chi connectivity index (χ0) is 12.3. The topological polar surface area (TPSA) is 46.2 Å². The molecule has 0 aliphatic carbocycles. The smallest absolute Gasteiger partial charge is 0.232 e. The molecule has 0 bridgehead atoms. The number of rotatable bonds is 4. The number of sulfonamides is 1. The molecule has 0 unspecified atom stereocenters. The number of nitrogens with one attached hydrogen (secondary N) is 1. The fourth-order valence-corrected chi connectivity index (χ4v) is 3.24. The second-order valence-corrected chi connectivity index (χ2v) is 6.58. The molecular weight excluding hydrogens is 269 g/mol. The second-order valence-electron chi connectivity index (χ2n) is 3.94. The van der Waals surface area contributed by atoms with Gasteiger partial charge in [-0.2, -0.15) is 0 Å². The van der Waals surface area contributed by atoms with E-state index in [0.29, 0.717) is 15.7 Å². The first-order chi connectivity index (χ1) is 7.28. The molecule has 0 saturated heterocycles. The van der Waals surface area contributed by atoms with Crippen molar-refractivity contribution in [3.63, 3.8) is 0 Å². The van der Waals surface area contributed by atoms with Crippen LogP contribution in [0.4, 0.5) is 5.69 Å². The lowest BCUT2D eigenvalue weighted by Crippen LogP contribution is -2.19. The molecule has 0 fully saturated rings. The largest absolute Gasteiger partial charge is 0.283 e. The van der Waals surface area contributed by atoms with E-state index in [1.165, 1.54) is 12.1 Å². The molecule has 0 heterocycles. The van der Waals surface area contributed by atoms with Crippen LogP contribution in [-0.4, -0.2) is 14.2 Å². The average molecular weight is 282 g/mol. The van der Waals surface area contributed by atoms with Gasteiger partial charge in [0.15, 0.2) is 0 Å². The molecule has 0 amide bonds. The molecule has 3 nitrogen and oxygen atoms in total. The molecule has 1 N–H and O–H groups in total. The van der Waals surface area contributed by atoms with E-state index in [0.717, 1.165) is 0 Å². The van der Waals surface area contributed by atoms with Crippen LogP contribution in [-0.2, 0) is 10.0 Å². The predicted octanol–water partition coefficient (Wildman–Crippen LogP) is 3.39. The summed E-state index contributed by atoms with van der Waals surface area (Å²) >= 11 is 11.5. The summed E-state index contributed by atoms with van der Waals surface area (Å²) in [6, 6.07) is 4.58. The van der Waals surface area contributed by atoms with Crippen LogP contribution in [0, 0.1) is 5.92 Å². The van der Waals surface area contributed by atoms with E-state index in [9.17, 15) is 8.42 Å². The van der Waals surface area contributed by atoms with E-state index < -0.39 is 10.0 Å². The second kappa shape index (κ2) is 5.25. The molecule has 0 saturated carbocycles. The first kappa shape index (κ1) is 13.6. The van der Waals surface area contributed by atoms with E-state index in [2.05, 4.69) is 4.72 Å². The average Bonchev–Trinajstić information content (AvgIpc) is 1.95. The lowest BCUT2D eigenvalue weighted by atomic mass is 10.3. The first-order valence-electron chi connectivity index (χ1n) is 4.75. The van der Waals surface area contributed by atoms with Gasteiger partial charge in [-0.15, -0.1) is 0 Å². The Kier molecular flexibility index (Phi) is 4.47. The third kappa shape index (κ3) is 4.60. The van der Waals surface area contributed by atoms with Gasteiger partial charge in [-0.3, -0.25) is 4.72 Å². The lowest BCUT2D eigenvalue weighted by Gasteiger charge is -2.10. The zero-order valence-corrected chi connectivity index (χ0v) is 11.3. The van der Waals surface area contributed by atoms with E-state index >= 15 is 0 Å². The highest BCUT2D eigenvalue weighted by atomic mass is 35.5. The van der Waals surface area contributed by atoms with E-state index in [1.54, 1.807) is 6.07 Å². The SMILES string of the molecule is CC(C)CS(=O)(=O)Nc1cc(Cl)cc(Cl)c1. The first-order valence-corrected chi connectivity index (χ1v) is 7.16. The van der Waals surface area contributed by atoms with E-state index in [-0.39, 0.29) is 11.7 Å². The number of hydrogen-bond donors (Lipinski definition) is 1. The Morgan fingerprint density at radius 1 is 1.19 bits per heavy atom. The van der Waals surface area contributed by atoms with Crippen molar-refractivity contribution in [2.45, 2.75) is 13.8 Å². The summed E-state index contributed by atoms with van der Waals surface area (Å²) in [5.41, 5.74) is 0.387. The van der Waals surface area contributed by atoms with E-state index in [4.69, 9.17) is 23.2 Å². The fourth-order valence-electron chi connectivity index (χ4n) is 1.27.